The molecule has 1 fully saturated rings. The fourth-order valence-electron chi connectivity index (χ4n) is 3.98. The van der Waals surface area contributed by atoms with E-state index >= 15 is 0 Å². The Balaban J connectivity index is 2.63. The Morgan fingerprint density at radius 3 is 2.08 bits per heavy atom. The predicted octanol–water partition coefficient (Wildman–Crippen LogP) is 3.99. The molecule has 0 aromatic rings. The predicted molar refractivity (Wildman–Crippen MR) is 99.3 cm³/mol. The Kier molecular flexibility index (Phi) is 8.39. The number of hydrogen-bond acceptors (Lipinski definition) is 5. The molecule has 0 aromatic heterocycles. The van der Waals surface area contributed by atoms with Crippen molar-refractivity contribution in [2.75, 3.05) is 7.11 Å². The van der Waals surface area contributed by atoms with Gasteiger partial charge < -0.3 is 14.8 Å². The van der Waals surface area contributed by atoms with E-state index in [9.17, 15) is 9.59 Å². The number of rotatable bonds is 9. The Morgan fingerprint density at radius 1 is 1.00 bits per heavy atom. The molecular formula is C20H37NO4. The number of esters is 2. The Bertz CT molecular complexity index is 429. The molecule has 146 valence electrons. The average molecular weight is 356 g/mol. The lowest BCUT2D eigenvalue weighted by atomic mass is 9.81. The van der Waals surface area contributed by atoms with Crippen LogP contribution in [-0.4, -0.2) is 36.2 Å². The minimum absolute atomic E-state index is 0.104. The van der Waals surface area contributed by atoms with Gasteiger partial charge in [-0.3, -0.25) is 9.59 Å². The molecule has 1 unspecified atom stereocenters. The molecule has 1 heterocycles. The van der Waals surface area contributed by atoms with Crippen LogP contribution in [0.3, 0.4) is 0 Å². The van der Waals surface area contributed by atoms with Crippen LogP contribution in [0.4, 0.5) is 0 Å². The van der Waals surface area contributed by atoms with Crippen molar-refractivity contribution in [1.29, 1.82) is 0 Å². The number of nitrogens with one attached hydrogen (secondary N) is 1. The van der Waals surface area contributed by atoms with Gasteiger partial charge >= 0.3 is 11.9 Å². The third kappa shape index (κ3) is 7.76. The van der Waals surface area contributed by atoms with Crippen LogP contribution in [0, 0.1) is 5.92 Å². The number of piperidine rings is 1. The number of ether oxygens (including phenoxy) is 2. The number of hydrogen-bond donors (Lipinski definition) is 1. The molecule has 0 spiro atoms. The highest BCUT2D eigenvalue weighted by molar-refractivity contribution is 5.94. The molecular weight excluding hydrogens is 318 g/mol. The van der Waals surface area contributed by atoms with Crippen molar-refractivity contribution in [1.82, 2.24) is 5.32 Å². The summed E-state index contributed by atoms with van der Waals surface area (Å²) in [6, 6.07) is 0. The van der Waals surface area contributed by atoms with Gasteiger partial charge in [0.15, 0.2) is 5.92 Å². The molecule has 1 saturated heterocycles. The van der Waals surface area contributed by atoms with E-state index in [2.05, 4.69) is 39.9 Å². The summed E-state index contributed by atoms with van der Waals surface area (Å²) < 4.78 is 10.6. The summed E-state index contributed by atoms with van der Waals surface area (Å²) >= 11 is 0. The van der Waals surface area contributed by atoms with Crippen LogP contribution in [0.25, 0.3) is 0 Å². The van der Waals surface area contributed by atoms with Crippen molar-refractivity contribution in [3.05, 3.63) is 0 Å². The molecule has 1 N–H and O–H groups in total. The number of unbranched alkanes of at least 4 members (excludes halogenated alkanes) is 4. The van der Waals surface area contributed by atoms with Gasteiger partial charge in [0.05, 0.1) is 7.11 Å². The maximum atomic E-state index is 12.6. The molecule has 5 nitrogen and oxygen atoms in total. The first-order valence-electron chi connectivity index (χ1n) is 9.68. The molecule has 0 aromatic carbocycles. The summed E-state index contributed by atoms with van der Waals surface area (Å²) in [6.45, 7) is 10.6. The lowest BCUT2D eigenvalue weighted by Crippen LogP contribution is -2.60. The van der Waals surface area contributed by atoms with E-state index in [0.29, 0.717) is 6.42 Å². The summed E-state index contributed by atoms with van der Waals surface area (Å²) in [4.78, 5) is 24.6. The maximum Gasteiger partial charge on any atom is 0.320 e. The third-order valence-corrected chi connectivity index (χ3v) is 4.80. The average Bonchev–Trinajstić information content (AvgIpc) is 2.46. The van der Waals surface area contributed by atoms with Crippen molar-refractivity contribution in [2.24, 2.45) is 5.92 Å². The highest BCUT2D eigenvalue weighted by Crippen LogP contribution is 2.31. The minimum atomic E-state index is -0.798. The van der Waals surface area contributed by atoms with Gasteiger partial charge in [-0.15, -0.1) is 0 Å². The van der Waals surface area contributed by atoms with Gasteiger partial charge in [0.25, 0.3) is 0 Å². The van der Waals surface area contributed by atoms with E-state index in [1.807, 2.05) is 0 Å². The zero-order valence-corrected chi connectivity index (χ0v) is 16.9. The van der Waals surface area contributed by atoms with Crippen LogP contribution in [0.15, 0.2) is 0 Å². The molecule has 0 amide bonds. The van der Waals surface area contributed by atoms with Crippen molar-refractivity contribution < 1.29 is 19.1 Å². The Morgan fingerprint density at radius 2 is 1.56 bits per heavy atom. The topological polar surface area (TPSA) is 64.6 Å². The smallest absolute Gasteiger partial charge is 0.320 e. The van der Waals surface area contributed by atoms with Gasteiger partial charge in [-0.2, -0.15) is 0 Å². The van der Waals surface area contributed by atoms with Crippen LogP contribution < -0.4 is 5.32 Å². The molecule has 1 atom stereocenters. The lowest BCUT2D eigenvalue weighted by molar-refractivity contribution is -0.167. The van der Waals surface area contributed by atoms with Crippen LogP contribution in [-0.2, 0) is 19.1 Å². The van der Waals surface area contributed by atoms with Gasteiger partial charge in [0.2, 0.25) is 0 Å². The Labute approximate surface area is 153 Å². The van der Waals surface area contributed by atoms with Crippen LogP contribution in [0.2, 0.25) is 0 Å². The van der Waals surface area contributed by atoms with Gasteiger partial charge in [-0.1, -0.05) is 39.0 Å². The molecule has 1 aliphatic rings. The first-order valence-corrected chi connectivity index (χ1v) is 9.68. The third-order valence-electron chi connectivity index (χ3n) is 4.80. The van der Waals surface area contributed by atoms with Gasteiger partial charge in [-0.05, 0) is 34.1 Å². The molecule has 0 saturated carbocycles. The zero-order chi connectivity index (χ0) is 19.1. The van der Waals surface area contributed by atoms with Crippen LogP contribution in [0.5, 0.6) is 0 Å². The fraction of sp³-hybridized carbons (Fsp3) is 0.900. The monoisotopic (exact) mass is 355 g/mol. The van der Waals surface area contributed by atoms with E-state index in [-0.39, 0.29) is 17.2 Å². The van der Waals surface area contributed by atoms with Crippen molar-refractivity contribution in [2.45, 2.75) is 103 Å². The standard InChI is InChI=1S/C20H37NO4/c1-7-8-9-10-11-12-16(17(22)24-6)18(23)25-15-13-19(2,3)21-20(4,5)14-15/h15-16,21H,7-14H2,1-6H3. The SMILES string of the molecule is CCCCCCCC(C(=O)OC)C(=O)OC1CC(C)(C)NC(C)(C)C1. The maximum absolute atomic E-state index is 12.6. The van der Waals surface area contributed by atoms with E-state index in [4.69, 9.17) is 9.47 Å². The van der Waals surface area contributed by atoms with Crippen molar-refractivity contribution in [3.63, 3.8) is 0 Å². The summed E-state index contributed by atoms with van der Waals surface area (Å²) in [5, 5.41) is 3.57. The highest BCUT2D eigenvalue weighted by Gasteiger charge is 2.40. The summed E-state index contributed by atoms with van der Waals surface area (Å²) in [6.07, 6.45) is 7.18. The number of methoxy groups -OCH3 is 1. The van der Waals surface area contributed by atoms with Crippen molar-refractivity contribution >= 4 is 11.9 Å². The fourth-order valence-corrected chi connectivity index (χ4v) is 3.98. The second kappa shape index (κ2) is 9.56. The first kappa shape index (κ1) is 21.9. The highest BCUT2D eigenvalue weighted by atomic mass is 16.6. The summed E-state index contributed by atoms with van der Waals surface area (Å²) in [5.41, 5.74) is -0.207. The molecule has 25 heavy (non-hydrogen) atoms. The van der Waals surface area contributed by atoms with E-state index in [0.717, 1.165) is 32.1 Å². The van der Waals surface area contributed by atoms with E-state index in [1.165, 1.54) is 20.0 Å². The van der Waals surface area contributed by atoms with E-state index in [1.54, 1.807) is 0 Å². The lowest BCUT2D eigenvalue weighted by Gasteiger charge is -2.46. The largest absolute Gasteiger partial charge is 0.468 e. The number of carbonyl (C=O) groups is 2. The van der Waals surface area contributed by atoms with Crippen molar-refractivity contribution in [3.8, 4) is 0 Å². The number of carbonyl (C=O) groups excluding carboxylic acids is 2. The second-order valence-corrected chi connectivity index (χ2v) is 8.64. The Hall–Kier alpha value is -1.10. The van der Waals surface area contributed by atoms with Crippen LogP contribution >= 0.6 is 0 Å². The zero-order valence-electron chi connectivity index (χ0n) is 16.9. The second-order valence-electron chi connectivity index (χ2n) is 8.64. The summed E-state index contributed by atoms with van der Waals surface area (Å²) in [5.74, 6) is -1.71. The summed E-state index contributed by atoms with van der Waals surface area (Å²) in [7, 11) is 1.33. The molecule has 0 radical (unpaired) electrons. The van der Waals surface area contributed by atoms with Gasteiger partial charge in [0, 0.05) is 23.9 Å². The molecule has 0 aliphatic carbocycles. The van der Waals surface area contributed by atoms with Crippen LogP contribution in [0.1, 0.15) is 86.0 Å². The molecule has 0 bridgehead atoms. The molecule has 1 aliphatic heterocycles. The molecule has 5 heteroatoms. The van der Waals surface area contributed by atoms with Gasteiger partial charge in [-0.25, -0.2) is 0 Å². The first-order chi connectivity index (χ1) is 11.6. The molecule has 1 rings (SSSR count). The van der Waals surface area contributed by atoms with Gasteiger partial charge in [0.1, 0.15) is 6.10 Å². The quantitative estimate of drug-likeness (QED) is 0.385. The minimum Gasteiger partial charge on any atom is -0.468 e. The van der Waals surface area contributed by atoms with E-state index < -0.39 is 17.9 Å². The normalized spacial score (nSPS) is 20.7.